The molecule has 3 rings (SSSR count). The van der Waals surface area contributed by atoms with Crippen LogP contribution in [0, 0.1) is 0 Å². The highest BCUT2D eigenvalue weighted by Crippen LogP contribution is 2.23. The Hall–Kier alpha value is -2.04. The fourth-order valence-corrected chi connectivity index (χ4v) is 2.75. The molecule has 1 heterocycles. The fraction of sp³-hybridized carbons (Fsp3) is 0. The summed E-state index contributed by atoms with van der Waals surface area (Å²) >= 11 is 9.32. The van der Waals surface area contributed by atoms with E-state index in [4.69, 9.17) is 11.6 Å². The Kier molecular flexibility index (Phi) is 4.32. The third kappa shape index (κ3) is 3.40. The molecule has 0 spiro atoms. The van der Waals surface area contributed by atoms with Gasteiger partial charge in [0.05, 0.1) is 0 Å². The van der Waals surface area contributed by atoms with Gasteiger partial charge in [-0.15, -0.1) is 0 Å². The van der Waals surface area contributed by atoms with E-state index < -0.39 is 0 Å². The average molecular weight is 376 g/mol. The molecule has 0 aliphatic rings. The van der Waals surface area contributed by atoms with Crippen LogP contribution in [0.2, 0.25) is 5.02 Å². The summed E-state index contributed by atoms with van der Waals surface area (Å²) in [5.41, 5.74) is 2.63. The van der Waals surface area contributed by atoms with E-state index in [1.165, 1.54) is 6.08 Å². The number of anilines is 1. The Morgan fingerprint density at radius 2 is 2.09 bits per heavy atom. The number of H-pyrrole nitrogens is 1. The van der Waals surface area contributed by atoms with Gasteiger partial charge in [-0.1, -0.05) is 39.7 Å². The van der Waals surface area contributed by atoms with Crippen LogP contribution in [0.25, 0.3) is 17.0 Å². The van der Waals surface area contributed by atoms with Crippen molar-refractivity contribution >= 4 is 56.1 Å². The maximum atomic E-state index is 12.0. The van der Waals surface area contributed by atoms with Crippen LogP contribution in [0.4, 0.5) is 5.69 Å². The summed E-state index contributed by atoms with van der Waals surface area (Å²) in [6.07, 6.45) is 5.14. The number of fused-ring (bicyclic) bond motifs is 1. The lowest BCUT2D eigenvalue weighted by Crippen LogP contribution is -2.07. The standard InChI is InChI=1S/C17H12BrClN2O/c18-12-2-1-3-14(8-12)21-17(22)7-4-11-10-20-16-9-13(19)5-6-15(11)16/h1-10,20H,(H,21,22)/b7-4+. The van der Waals surface area contributed by atoms with E-state index in [0.29, 0.717) is 5.02 Å². The normalized spacial score (nSPS) is 11.2. The molecule has 0 bridgehead atoms. The largest absolute Gasteiger partial charge is 0.361 e. The second-order valence-electron chi connectivity index (χ2n) is 4.77. The van der Waals surface area contributed by atoms with Gasteiger partial charge in [-0.05, 0) is 42.0 Å². The predicted molar refractivity (Wildman–Crippen MR) is 95.1 cm³/mol. The lowest BCUT2D eigenvalue weighted by atomic mass is 10.1. The van der Waals surface area contributed by atoms with Crippen molar-refractivity contribution in [2.24, 2.45) is 0 Å². The van der Waals surface area contributed by atoms with Crippen LogP contribution in [0.1, 0.15) is 5.56 Å². The molecule has 0 aliphatic heterocycles. The molecule has 0 atom stereocenters. The van der Waals surface area contributed by atoms with Gasteiger partial charge in [-0.25, -0.2) is 0 Å². The number of rotatable bonds is 3. The number of carbonyl (C=O) groups excluding carboxylic acids is 1. The van der Waals surface area contributed by atoms with Crippen molar-refractivity contribution in [1.29, 1.82) is 0 Å². The maximum absolute atomic E-state index is 12.0. The van der Waals surface area contributed by atoms with Crippen LogP contribution in [-0.2, 0) is 4.79 Å². The molecular weight excluding hydrogens is 364 g/mol. The van der Waals surface area contributed by atoms with Crippen LogP contribution in [-0.4, -0.2) is 10.9 Å². The van der Waals surface area contributed by atoms with E-state index in [9.17, 15) is 4.79 Å². The Balaban J connectivity index is 1.76. The first-order chi connectivity index (χ1) is 10.6. The van der Waals surface area contributed by atoms with Gasteiger partial charge in [0.2, 0.25) is 5.91 Å². The van der Waals surface area contributed by atoms with E-state index in [1.807, 2.05) is 48.7 Å². The summed E-state index contributed by atoms with van der Waals surface area (Å²) in [7, 11) is 0. The number of hydrogen-bond donors (Lipinski definition) is 2. The Morgan fingerprint density at radius 3 is 2.91 bits per heavy atom. The van der Waals surface area contributed by atoms with Gasteiger partial charge >= 0.3 is 0 Å². The van der Waals surface area contributed by atoms with Gasteiger partial charge < -0.3 is 10.3 Å². The highest BCUT2D eigenvalue weighted by molar-refractivity contribution is 9.10. The van der Waals surface area contributed by atoms with E-state index in [-0.39, 0.29) is 5.91 Å². The zero-order chi connectivity index (χ0) is 15.5. The molecule has 2 N–H and O–H groups in total. The molecule has 0 radical (unpaired) electrons. The Labute approximate surface area is 141 Å². The van der Waals surface area contributed by atoms with Gasteiger partial charge in [0.1, 0.15) is 0 Å². The van der Waals surface area contributed by atoms with Crippen LogP contribution >= 0.6 is 27.5 Å². The lowest BCUT2D eigenvalue weighted by Gasteiger charge is -2.02. The number of nitrogens with one attached hydrogen (secondary N) is 2. The van der Waals surface area contributed by atoms with Crippen molar-refractivity contribution < 1.29 is 4.79 Å². The highest BCUT2D eigenvalue weighted by atomic mass is 79.9. The zero-order valence-corrected chi connectivity index (χ0v) is 13.8. The molecule has 0 fully saturated rings. The number of amides is 1. The molecule has 3 aromatic rings. The molecule has 0 saturated carbocycles. The zero-order valence-electron chi connectivity index (χ0n) is 11.4. The number of halogens is 2. The summed E-state index contributed by atoms with van der Waals surface area (Å²) in [4.78, 5) is 15.1. The Bertz CT molecular complexity index is 870. The van der Waals surface area contributed by atoms with E-state index in [2.05, 4.69) is 26.2 Å². The minimum atomic E-state index is -0.179. The molecule has 3 nitrogen and oxygen atoms in total. The molecule has 1 aromatic heterocycles. The number of carbonyl (C=O) groups is 1. The molecule has 5 heteroatoms. The first-order valence-corrected chi connectivity index (χ1v) is 7.80. The number of aromatic amines is 1. The Morgan fingerprint density at radius 1 is 1.23 bits per heavy atom. The maximum Gasteiger partial charge on any atom is 0.248 e. The minimum Gasteiger partial charge on any atom is -0.361 e. The first kappa shape index (κ1) is 14.9. The van der Waals surface area contributed by atoms with Crippen LogP contribution in [0.5, 0.6) is 0 Å². The van der Waals surface area contributed by atoms with Crippen LogP contribution in [0.15, 0.2) is 59.2 Å². The van der Waals surface area contributed by atoms with Crippen molar-refractivity contribution in [3.05, 3.63) is 69.8 Å². The topological polar surface area (TPSA) is 44.9 Å². The van der Waals surface area contributed by atoms with Crippen molar-refractivity contribution in [1.82, 2.24) is 4.98 Å². The van der Waals surface area contributed by atoms with Crippen molar-refractivity contribution in [2.75, 3.05) is 5.32 Å². The van der Waals surface area contributed by atoms with Gasteiger partial charge in [0.25, 0.3) is 0 Å². The molecule has 0 unspecified atom stereocenters. The SMILES string of the molecule is O=C(/C=C/c1c[nH]c2cc(Cl)ccc12)Nc1cccc(Br)c1. The smallest absolute Gasteiger partial charge is 0.248 e. The second-order valence-corrected chi connectivity index (χ2v) is 6.12. The molecule has 2 aromatic carbocycles. The average Bonchev–Trinajstić information content (AvgIpc) is 2.87. The highest BCUT2D eigenvalue weighted by Gasteiger charge is 2.03. The third-order valence-electron chi connectivity index (χ3n) is 3.18. The summed E-state index contributed by atoms with van der Waals surface area (Å²) in [6.45, 7) is 0. The summed E-state index contributed by atoms with van der Waals surface area (Å²) in [6, 6.07) is 13.1. The van der Waals surface area contributed by atoms with E-state index >= 15 is 0 Å². The van der Waals surface area contributed by atoms with Crippen LogP contribution < -0.4 is 5.32 Å². The first-order valence-electron chi connectivity index (χ1n) is 6.63. The molecule has 110 valence electrons. The predicted octanol–water partition coefficient (Wildman–Crippen LogP) is 5.24. The lowest BCUT2D eigenvalue weighted by molar-refractivity contribution is -0.111. The van der Waals surface area contributed by atoms with Crippen molar-refractivity contribution in [2.45, 2.75) is 0 Å². The quantitative estimate of drug-likeness (QED) is 0.604. The summed E-state index contributed by atoms with van der Waals surface area (Å²) < 4.78 is 0.919. The molecule has 1 amide bonds. The summed E-state index contributed by atoms with van der Waals surface area (Å²) in [5.74, 6) is -0.179. The van der Waals surface area contributed by atoms with Crippen molar-refractivity contribution in [3.8, 4) is 0 Å². The summed E-state index contributed by atoms with van der Waals surface area (Å²) in [5, 5.41) is 4.52. The van der Waals surface area contributed by atoms with E-state index in [1.54, 1.807) is 6.08 Å². The minimum absolute atomic E-state index is 0.179. The van der Waals surface area contributed by atoms with E-state index in [0.717, 1.165) is 26.6 Å². The molecule has 0 saturated heterocycles. The van der Waals surface area contributed by atoms with Gasteiger partial charge in [0.15, 0.2) is 0 Å². The molecule has 22 heavy (non-hydrogen) atoms. The van der Waals surface area contributed by atoms with Gasteiger partial charge in [0, 0.05) is 38.4 Å². The fourth-order valence-electron chi connectivity index (χ4n) is 2.17. The number of hydrogen-bond acceptors (Lipinski definition) is 1. The van der Waals surface area contributed by atoms with Crippen molar-refractivity contribution in [3.63, 3.8) is 0 Å². The second kappa shape index (κ2) is 6.38. The monoisotopic (exact) mass is 374 g/mol. The number of aromatic nitrogens is 1. The molecular formula is C17H12BrClN2O. The molecule has 0 aliphatic carbocycles. The van der Waals surface area contributed by atoms with Gasteiger partial charge in [-0.3, -0.25) is 4.79 Å². The number of benzene rings is 2. The third-order valence-corrected chi connectivity index (χ3v) is 3.91. The van der Waals surface area contributed by atoms with Gasteiger partial charge in [-0.2, -0.15) is 0 Å². The van der Waals surface area contributed by atoms with Crippen LogP contribution in [0.3, 0.4) is 0 Å².